The number of thiophene rings is 1. The lowest BCUT2D eigenvalue weighted by molar-refractivity contribution is -0.215. The quantitative estimate of drug-likeness (QED) is 0.514. The third kappa shape index (κ3) is 4.16. The molecule has 0 bridgehead atoms. The second-order valence-electron chi connectivity index (χ2n) is 8.28. The van der Waals surface area contributed by atoms with Crippen LogP contribution in [0.4, 0.5) is 14.5 Å². The number of anilines is 1. The lowest BCUT2D eigenvalue weighted by Crippen LogP contribution is -2.55. The lowest BCUT2D eigenvalue weighted by atomic mass is 9.77. The maximum atomic E-state index is 13.1. The second kappa shape index (κ2) is 7.93. The Bertz CT molecular complexity index is 1220. The van der Waals surface area contributed by atoms with Gasteiger partial charge < -0.3 is 19.5 Å². The van der Waals surface area contributed by atoms with Crippen LogP contribution in [0.3, 0.4) is 0 Å². The summed E-state index contributed by atoms with van der Waals surface area (Å²) in [7, 11) is 1.45. The number of aromatic nitrogens is 1. The third-order valence-corrected chi connectivity index (χ3v) is 7.10. The number of rotatable bonds is 6. The highest BCUT2D eigenvalue weighted by Gasteiger charge is 2.56. The largest absolute Gasteiger partial charge is 0.493 e. The molecule has 1 aliphatic carbocycles. The maximum absolute atomic E-state index is 13.1. The van der Waals surface area contributed by atoms with E-state index in [1.807, 2.05) is 12.1 Å². The number of nitrogens with zero attached hydrogens (tertiary/aromatic N) is 2. The van der Waals surface area contributed by atoms with Gasteiger partial charge in [-0.05, 0) is 35.9 Å². The topological polar surface area (TPSA) is 71.9 Å². The van der Waals surface area contributed by atoms with Crippen LogP contribution >= 0.6 is 22.9 Å². The van der Waals surface area contributed by atoms with Crippen LogP contribution in [0.2, 0.25) is 5.02 Å². The van der Waals surface area contributed by atoms with E-state index >= 15 is 0 Å². The van der Waals surface area contributed by atoms with E-state index in [4.69, 9.17) is 21.1 Å². The highest BCUT2D eigenvalue weighted by Crippen LogP contribution is 2.46. The smallest absolute Gasteiger partial charge is 0.269 e. The molecule has 1 aromatic carbocycles. The summed E-state index contributed by atoms with van der Waals surface area (Å²) in [5.74, 6) is -2.33. The monoisotopic (exact) mass is 492 g/mol. The molecule has 1 amide bonds. The van der Waals surface area contributed by atoms with E-state index < -0.39 is 24.4 Å². The minimum Gasteiger partial charge on any atom is -0.493 e. The number of carbonyl (C=O) groups excluding carboxylic acids is 1. The van der Waals surface area contributed by atoms with Gasteiger partial charge in [-0.1, -0.05) is 11.6 Å². The number of carbonyl (C=O) groups is 1. The summed E-state index contributed by atoms with van der Waals surface area (Å²) < 4.78 is 37.2. The van der Waals surface area contributed by atoms with Crippen molar-refractivity contribution in [3.63, 3.8) is 0 Å². The Morgan fingerprint density at radius 2 is 2.00 bits per heavy atom. The summed E-state index contributed by atoms with van der Waals surface area (Å²) in [5.41, 5.74) is 0.729. The first kappa shape index (κ1) is 22.1. The molecule has 1 N–H and O–H groups in total. The van der Waals surface area contributed by atoms with E-state index in [-0.39, 0.29) is 12.5 Å². The fourth-order valence-corrected chi connectivity index (χ4v) is 5.33. The lowest BCUT2D eigenvalue weighted by Gasteiger charge is -2.42. The molecule has 6 nitrogen and oxygen atoms in total. The maximum Gasteiger partial charge on any atom is 0.269 e. The van der Waals surface area contributed by atoms with Crippen LogP contribution in [-0.4, -0.2) is 41.2 Å². The number of hydrogen-bond acceptors (Lipinski definition) is 6. The van der Waals surface area contributed by atoms with Crippen LogP contribution in [0.1, 0.15) is 28.1 Å². The van der Waals surface area contributed by atoms with Crippen molar-refractivity contribution >= 4 is 34.5 Å². The minimum atomic E-state index is -2.86. The average molecular weight is 493 g/mol. The van der Waals surface area contributed by atoms with Crippen molar-refractivity contribution < 1.29 is 28.2 Å². The van der Waals surface area contributed by atoms with Gasteiger partial charge in [0.1, 0.15) is 12.2 Å². The first-order chi connectivity index (χ1) is 15.7. The van der Waals surface area contributed by atoms with Crippen LogP contribution in [0.5, 0.6) is 11.5 Å². The molecule has 2 aliphatic rings. The Balaban J connectivity index is 1.31. The van der Waals surface area contributed by atoms with E-state index in [0.29, 0.717) is 33.6 Å². The number of amides is 1. The van der Waals surface area contributed by atoms with Gasteiger partial charge in [0, 0.05) is 30.8 Å². The third-order valence-electron chi connectivity index (χ3n) is 5.69. The average Bonchev–Trinajstić information content (AvgIpc) is 3.31. The number of halogens is 3. The molecule has 0 atom stereocenters. The highest BCUT2D eigenvalue weighted by molar-refractivity contribution is 7.17. The molecule has 5 rings (SSSR count). The Morgan fingerprint density at radius 3 is 2.64 bits per heavy atom. The summed E-state index contributed by atoms with van der Waals surface area (Å²) in [6.45, 7) is 0.135. The molecule has 1 saturated carbocycles. The van der Waals surface area contributed by atoms with Gasteiger partial charge in [-0.2, -0.15) is 0 Å². The Morgan fingerprint density at radius 1 is 1.21 bits per heavy atom. The molecule has 33 heavy (non-hydrogen) atoms. The van der Waals surface area contributed by atoms with Gasteiger partial charge in [0.2, 0.25) is 0 Å². The molecule has 0 radical (unpaired) electrons. The number of methoxy groups -OCH3 is 1. The number of aliphatic hydroxyl groups is 1. The predicted octanol–water partition coefficient (Wildman–Crippen LogP) is 5.17. The molecule has 0 unspecified atom stereocenters. The van der Waals surface area contributed by atoms with E-state index in [1.54, 1.807) is 35.4 Å². The standard InChI is InChI=1S/C23H19ClF2N2O4S/c1-31-18-7-15(3-5-17(18)32-12-22(30)10-23(25,26)11-22)28-9-13-6-19(33-20(13)21(28)29)16-4-2-14(24)8-27-16/h2-8,30H,9-12H2,1H3. The normalized spacial score (nSPS) is 18.1. The van der Waals surface area contributed by atoms with Crippen molar-refractivity contribution in [2.45, 2.75) is 30.9 Å². The first-order valence-corrected chi connectivity index (χ1v) is 11.3. The number of ether oxygens (including phenoxy) is 2. The summed E-state index contributed by atoms with van der Waals surface area (Å²) in [6.07, 6.45) is 0.318. The number of pyridine rings is 1. The summed E-state index contributed by atoms with van der Waals surface area (Å²) in [6, 6.07) is 10.5. The van der Waals surface area contributed by atoms with Crippen LogP contribution in [0.25, 0.3) is 10.6 Å². The molecule has 3 aromatic rings. The van der Waals surface area contributed by atoms with E-state index in [9.17, 15) is 18.7 Å². The van der Waals surface area contributed by atoms with E-state index in [0.717, 1.165) is 16.1 Å². The molecule has 172 valence electrons. The minimum absolute atomic E-state index is 0.128. The van der Waals surface area contributed by atoms with E-state index in [1.165, 1.54) is 18.4 Å². The van der Waals surface area contributed by atoms with Crippen molar-refractivity contribution in [3.8, 4) is 22.1 Å². The van der Waals surface area contributed by atoms with E-state index in [2.05, 4.69) is 4.98 Å². The molecule has 2 aromatic heterocycles. The summed E-state index contributed by atoms with van der Waals surface area (Å²) in [5, 5.41) is 10.7. The van der Waals surface area contributed by atoms with Gasteiger partial charge in [-0.15, -0.1) is 11.3 Å². The highest BCUT2D eigenvalue weighted by atomic mass is 35.5. The molecular weight excluding hydrogens is 474 g/mol. The van der Waals surface area contributed by atoms with Crippen LogP contribution in [0, 0.1) is 0 Å². The Hall–Kier alpha value is -2.75. The van der Waals surface area contributed by atoms with Gasteiger partial charge in [0.15, 0.2) is 11.5 Å². The van der Waals surface area contributed by atoms with Crippen molar-refractivity contribution in [1.82, 2.24) is 4.98 Å². The van der Waals surface area contributed by atoms with Crippen LogP contribution in [0.15, 0.2) is 42.6 Å². The Labute approximate surface area is 197 Å². The van der Waals surface area contributed by atoms with Crippen molar-refractivity contribution in [2.24, 2.45) is 0 Å². The molecule has 1 fully saturated rings. The molecule has 1 aliphatic heterocycles. The van der Waals surface area contributed by atoms with Gasteiger partial charge >= 0.3 is 0 Å². The predicted molar refractivity (Wildman–Crippen MR) is 121 cm³/mol. The fourth-order valence-electron chi connectivity index (χ4n) is 4.12. The van der Waals surface area contributed by atoms with Gasteiger partial charge in [0.05, 0.1) is 34.1 Å². The van der Waals surface area contributed by atoms with Crippen molar-refractivity contribution in [2.75, 3.05) is 18.6 Å². The summed E-state index contributed by atoms with van der Waals surface area (Å²) in [4.78, 5) is 20.5. The number of hydrogen-bond donors (Lipinski definition) is 1. The number of alkyl halides is 2. The number of fused-ring (bicyclic) bond motifs is 1. The van der Waals surface area contributed by atoms with Crippen molar-refractivity contribution in [3.05, 3.63) is 58.1 Å². The van der Waals surface area contributed by atoms with Crippen molar-refractivity contribution in [1.29, 1.82) is 0 Å². The summed E-state index contributed by atoms with van der Waals surface area (Å²) >= 11 is 7.28. The first-order valence-electron chi connectivity index (χ1n) is 10.1. The Kier molecular flexibility index (Phi) is 5.30. The molecular formula is C23H19ClF2N2O4S. The van der Waals surface area contributed by atoms with Crippen LogP contribution < -0.4 is 14.4 Å². The molecule has 0 saturated heterocycles. The zero-order valence-electron chi connectivity index (χ0n) is 17.5. The fraction of sp³-hybridized carbons (Fsp3) is 0.304. The van der Waals surface area contributed by atoms with Gasteiger partial charge in [-0.25, -0.2) is 8.78 Å². The SMILES string of the molecule is COc1cc(N2Cc3cc(-c4ccc(Cl)cn4)sc3C2=O)ccc1OCC1(O)CC(F)(F)C1. The van der Waals surface area contributed by atoms with Gasteiger partial charge in [-0.3, -0.25) is 9.78 Å². The second-order valence-corrected chi connectivity index (χ2v) is 9.76. The molecule has 3 heterocycles. The van der Waals surface area contributed by atoms with Gasteiger partial charge in [0.25, 0.3) is 11.8 Å². The zero-order chi connectivity index (χ0) is 23.4. The molecule has 0 spiro atoms. The number of benzene rings is 1. The zero-order valence-corrected chi connectivity index (χ0v) is 19.1. The van der Waals surface area contributed by atoms with Crippen LogP contribution in [-0.2, 0) is 6.54 Å². The molecule has 10 heteroatoms.